The van der Waals surface area contributed by atoms with Crippen LogP contribution in [0.1, 0.15) is 11.1 Å². The third kappa shape index (κ3) is 3.64. The lowest BCUT2D eigenvalue weighted by Gasteiger charge is -2.12. The molecule has 7 heteroatoms. The zero-order valence-corrected chi connectivity index (χ0v) is 15.2. The van der Waals surface area contributed by atoms with Gasteiger partial charge in [-0.25, -0.2) is 12.8 Å². The molecule has 0 heterocycles. The van der Waals surface area contributed by atoms with Gasteiger partial charge in [0, 0.05) is 14.6 Å². The number of benzene rings is 2. The molecule has 0 bridgehead atoms. The van der Waals surface area contributed by atoms with E-state index in [1.165, 1.54) is 6.07 Å². The van der Waals surface area contributed by atoms with Crippen LogP contribution in [-0.2, 0) is 10.0 Å². The van der Waals surface area contributed by atoms with Crippen molar-refractivity contribution in [2.24, 2.45) is 0 Å². The van der Waals surface area contributed by atoms with Gasteiger partial charge in [0.25, 0.3) is 10.0 Å². The Morgan fingerprint density at radius 2 is 1.62 bits per heavy atom. The summed E-state index contributed by atoms with van der Waals surface area (Å²) in [5.41, 5.74) is 2.31. The van der Waals surface area contributed by atoms with E-state index < -0.39 is 15.8 Å². The Morgan fingerprint density at radius 3 is 2.14 bits per heavy atom. The fourth-order valence-corrected chi connectivity index (χ4v) is 4.23. The van der Waals surface area contributed by atoms with E-state index in [2.05, 4.69) is 36.6 Å². The van der Waals surface area contributed by atoms with Crippen molar-refractivity contribution in [2.45, 2.75) is 18.7 Å². The van der Waals surface area contributed by atoms with Gasteiger partial charge in [-0.3, -0.25) is 4.72 Å². The van der Waals surface area contributed by atoms with Gasteiger partial charge in [-0.1, -0.05) is 15.9 Å². The maximum Gasteiger partial charge on any atom is 0.263 e. The minimum absolute atomic E-state index is 0.0119. The number of nitrogens with one attached hydrogen (secondary N) is 1. The number of rotatable bonds is 3. The van der Waals surface area contributed by atoms with E-state index in [-0.39, 0.29) is 9.37 Å². The van der Waals surface area contributed by atoms with Crippen molar-refractivity contribution in [1.29, 1.82) is 0 Å². The van der Waals surface area contributed by atoms with Crippen LogP contribution in [0.5, 0.6) is 0 Å². The highest BCUT2D eigenvalue weighted by Crippen LogP contribution is 2.28. The zero-order valence-electron chi connectivity index (χ0n) is 11.2. The van der Waals surface area contributed by atoms with Crippen molar-refractivity contribution >= 4 is 47.6 Å². The summed E-state index contributed by atoms with van der Waals surface area (Å²) in [5, 5.41) is 0. The first kappa shape index (κ1) is 16.5. The summed E-state index contributed by atoms with van der Waals surface area (Å²) >= 11 is 6.50. The van der Waals surface area contributed by atoms with Crippen molar-refractivity contribution in [1.82, 2.24) is 0 Å². The number of aryl methyl sites for hydroxylation is 2. The van der Waals surface area contributed by atoms with Crippen molar-refractivity contribution < 1.29 is 12.8 Å². The third-order valence-electron chi connectivity index (χ3n) is 2.87. The van der Waals surface area contributed by atoms with E-state index in [0.717, 1.165) is 27.7 Å². The molecule has 0 saturated heterocycles. The van der Waals surface area contributed by atoms with Crippen LogP contribution in [0.3, 0.4) is 0 Å². The molecule has 0 aromatic heterocycles. The molecule has 0 radical (unpaired) electrons. The summed E-state index contributed by atoms with van der Waals surface area (Å²) in [6, 6.07) is 6.91. The molecule has 2 aromatic carbocycles. The fraction of sp³-hybridized carbons (Fsp3) is 0.143. The SMILES string of the molecule is Cc1cc(NS(=O)(=O)c2ccc(F)cc2Br)cc(C)c1Br. The number of hydrogen-bond acceptors (Lipinski definition) is 2. The Hall–Kier alpha value is -0.920. The molecule has 2 aromatic rings. The molecular weight excluding hydrogens is 425 g/mol. The molecule has 0 unspecified atom stereocenters. The largest absolute Gasteiger partial charge is 0.280 e. The monoisotopic (exact) mass is 435 g/mol. The van der Waals surface area contributed by atoms with Crippen molar-refractivity contribution in [2.75, 3.05) is 4.72 Å². The van der Waals surface area contributed by atoms with Crippen molar-refractivity contribution in [3.63, 3.8) is 0 Å². The Balaban J connectivity index is 2.42. The van der Waals surface area contributed by atoms with Crippen molar-refractivity contribution in [3.05, 3.63) is 56.2 Å². The van der Waals surface area contributed by atoms with Crippen LogP contribution in [0.15, 0.2) is 44.2 Å². The highest BCUT2D eigenvalue weighted by Gasteiger charge is 2.18. The van der Waals surface area contributed by atoms with Crippen LogP contribution in [0.4, 0.5) is 10.1 Å². The lowest BCUT2D eigenvalue weighted by Crippen LogP contribution is -2.14. The minimum atomic E-state index is -3.79. The van der Waals surface area contributed by atoms with Crippen LogP contribution in [0.2, 0.25) is 0 Å². The van der Waals surface area contributed by atoms with Crippen LogP contribution in [0, 0.1) is 19.7 Å². The first-order valence-corrected chi connectivity index (χ1v) is 9.02. The Labute approximate surface area is 139 Å². The van der Waals surface area contributed by atoms with E-state index in [0.29, 0.717) is 5.69 Å². The summed E-state index contributed by atoms with van der Waals surface area (Å²) in [4.78, 5) is -0.0119. The quantitative estimate of drug-likeness (QED) is 0.753. The van der Waals surface area contributed by atoms with Gasteiger partial charge < -0.3 is 0 Å². The average Bonchev–Trinajstić information content (AvgIpc) is 2.34. The van der Waals surface area contributed by atoms with Crippen LogP contribution < -0.4 is 4.72 Å². The molecule has 0 spiro atoms. The second-order valence-electron chi connectivity index (χ2n) is 4.60. The lowest BCUT2D eigenvalue weighted by molar-refractivity contribution is 0.599. The first-order valence-electron chi connectivity index (χ1n) is 5.95. The van der Waals surface area contributed by atoms with Gasteiger partial charge in [0.15, 0.2) is 0 Å². The summed E-state index contributed by atoms with van der Waals surface area (Å²) in [6.07, 6.45) is 0. The van der Waals surface area contributed by atoms with Crippen molar-refractivity contribution in [3.8, 4) is 0 Å². The highest BCUT2D eigenvalue weighted by molar-refractivity contribution is 9.10. The van der Waals surface area contributed by atoms with E-state index in [4.69, 9.17) is 0 Å². The molecule has 0 aliphatic carbocycles. The maximum atomic E-state index is 13.1. The van der Waals surface area contributed by atoms with Crippen LogP contribution in [0.25, 0.3) is 0 Å². The van der Waals surface area contributed by atoms with Gasteiger partial charge in [0.05, 0.1) is 0 Å². The van der Waals surface area contributed by atoms with Crippen LogP contribution in [-0.4, -0.2) is 8.42 Å². The van der Waals surface area contributed by atoms with Gasteiger partial charge in [0.1, 0.15) is 10.7 Å². The Bertz CT molecular complexity index is 784. The number of hydrogen-bond donors (Lipinski definition) is 1. The second kappa shape index (κ2) is 6.06. The highest BCUT2D eigenvalue weighted by atomic mass is 79.9. The normalized spacial score (nSPS) is 11.5. The number of sulfonamides is 1. The Morgan fingerprint density at radius 1 is 1.05 bits per heavy atom. The molecular formula is C14H12Br2FNO2S. The minimum Gasteiger partial charge on any atom is -0.280 e. The van der Waals surface area contributed by atoms with Gasteiger partial charge >= 0.3 is 0 Å². The topological polar surface area (TPSA) is 46.2 Å². The molecule has 2 rings (SSSR count). The maximum absolute atomic E-state index is 13.1. The third-order valence-corrected chi connectivity index (χ3v) is 6.48. The summed E-state index contributed by atoms with van der Waals surface area (Å²) in [6.45, 7) is 3.76. The van der Waals surface area contributed by atoms with Crippen LogP contribution >= 0.6 is 31.9 Å². The molecule has 0 amide bonds. The summed E-state index contributed by atoms with van der Waals surface area (Å²) in [5.74, 6) is -0.504. The van der Waals surface area contributed by atoms with Gasteiger partial charge in [-0.15, -0.1) is 0 Å². The predicted octanol–water partition coefficient (Wildman–Crippen LogP) is 4.77. The molecule has 0 atom stereocenters. The lowest BCUT2D eigenvalue weighted by atomic mass is 10.1. The average molecular weight is 437 g/mol. The summed E-state index contributed by atoms with van der Waals surface area (Å²) in [7, 11) is -3.79. The molecule has 112 valence electrons. The molecule has 0 fully saturated rings. The first-order chi connectivity index (χ1) is 9.70. The molecule has 0 aliphatic rings. The second-order valence-corrected chi connectivity index (χ2v) is 7.90. The van der Waals surface area contributed by atoms with E-state index in [9.17, 15) is 12.8 Å². The fourth-order valence-electron chi connectivity index (χ4n) is 1.91. The Kier molecular flexibility index (Phi) is 4.75. The molecule has 0 aliphatic heterocycles. The van der Waals surface area contributed by atoms with E-state index in [1.54, 1.807) is 12.1 Å². The van der Waals surface area contributed by atoms with E-state index in [1.807, 2.05) is 13.8 Å². The molecule has 3 nitrogen and oxygen atoms in total. The molecule has 0 saturated carbocycles. The van der Waals surface area contributed by atoms with E-state index >= 15 is 0 Å². The van der Waals surface area contributed by atoms with Gasteiger partial charge in [-0.05, 0) is 71.2 Å². The summed E-state index contributed by atoms with van der Waals surface area (Å²) < 4.78 is 41.4. The smallest absolute Gasteiger partial charge is 0.263 e. The van der Waals surface area contributed by atoms with Gasteiger partial charge in [-0.2, -0.15) is 0 Å². The van der Waals surface area contributed by atoms with Gasteiger partial charge in [0.2, 0.25) is 0 Å². The molecule has 1 N–H and O–H groups in total. The standard InChI is InChI=1S/C14H12Br2FNO2S/c1-8-5-11(6-9(2)14(8)16)18-21(19,20)13-4-3-10(17)7-12(13)15/h3-7,18H,1-2H3. The molecule has 21 heavy (non-hydrogen) atoms. The number of halogens is 3. The number of anilines is 1. The zero-order chi connectivity index (χ0) is 15.8. The predicted molar refractivity (Wildman–Crippen MR) is 88.5 cm³/mol.